The van der Waals surface area contributed by atoms with E-state index in [1.165, 1.54) is 18.2 Å². The number of aromatic nitrogens is 1. The van der Waals surface area contributed by atoms with Crippen molar-refractivity contribution in [2.45, 2.75) is 12.6 Å². The number of nitrogens with one attached hydrogen (secondary N) is 2. The van der Waals surface area contributed by atoms with Crippen molar-refractivity contribution >= 4 is 10.9 Å². The molecule has 7 heteroatoms. The third-order valence-corrected chi connectivity index (χ3v) is 4.04. The first-order valence-electron chi connectivity index (χ1n) is 7.86. The highest BCUT2D eigenvalue weighted by atomic mass is 19.1. The van der Waals surface area contributed by atoms with Gasteiger partial charge in [-0.2, -0.15) is 0 Å². The smallest absolute Gasteiger partial charge is 0.150 e. The van der Waals surface area contributed by atoms with E-state index < -0.39 is 17.9 Å². The first kappa shape index (κ1) is 17.5. The number of aromatic amines is 1. The lowest BCUT2D eigenvalue weighted by Gasteiger charge is -2.11. The Morgan fingerprint density at radius 2 is 1.80 bits per heavy atom. The van der Waals surface area contributed by atoms with E-state index in [-0.39, 0.29) is 17.9 Å². The van der Waals surface area contributed by atoms with E-state index >= 15 is 0 Å². The van der Waals surface area contributed by atoms with E-state index in [1.54, 1.807) is 12.1 Å². The highest BCUT2D eigenvalue weighted by molar-refractivity contribution is 5.91. The number of hydrogen-bond acceptors (Lipinski definition) is 3. The Morgan fingerprint density at radius 1 is 1.08 bits per heavy atom. The highest BCUT2D eigenvalue weighted by Crippen LogP contribution is 2.32. The lowest BCUT2D eigenvalue weighted by molar-refractivity contribution is 0.146. The number of aliphatic hydroxyl groups excluding tert-OH is 1. The van der Waals surface area contributed by atoms with E-state index in [2.05, 4.69) is 10.3 Å². The van der Waals surface area contributed by atoms with Crippen LogP contribution in [0.1, 0.15) is 5.56 Å². The molecular weight excluding hydrogens is 331 g/mol. The minimum atomic E-state index is -0.854. The Balaban J connectivity index is 2.06. The summed E-state index contributed by atoms with van der Waals surface area (Å²) in [6.45, 7) is 0.416. The van der Waals surface area contributed by atoms with E-state index in [1.807, 2.05) is 0 Å². The van der Waals surface area contributed by atoms with Gasteiger partial charge in [-0.25, -0.2) is 13.2 Å². The van der Waals surface area contributed by atoms with Crippen molar-refractivity contribution in [3.8, 4) is 11.3 Å². The quantitative estimate of drug-likeness (QED) is 0.517. The molecule has 2 aromatic carbocycles. The van der Waals surface area contributed by atoms with Gasteiger partial charge in [0.05, 0.1) is 5.52 Å². The molecule has 0 aliphatic heterocycles. The minimum Gasteiger partial charge on any atom is -0.377 e. The molecule has 0 aliphatic rings. The van der Waals surface area contributed by atoms with Crippen molar-refractivity contribution in [3.05, 3.63) is 59.4 Å². The zero-order chi connectivity index (χ0) is 18.0. The van der Waals surface area contributed by atoms with Crippen LogP contribution in [0.4, 0.5) is 13.2 Å². The van der Waals surface area contributed by atoms with Gasteiger partial charge >= 0.3 is 0 Å². The third-order valence-electron chi connectivity index (χ3n) is 4.04. The van der Waals surface area contributed by atoms with Crippen LogP contribution in [0.15, 0.2) is 36.4 Å². The first-order chi connectivity index (χ1) is 12.0. The molecule has 0 bridgehead atoms. The van der Waals surface area contributed by atoms with Crippen molar-refractivity contribution in [1.29, 1.82) is 0 Å². The van der Waals surface area contributed by atoms with Gasteiger partial charge < -0.3 is 15.8 Å². The van der Waals surface area contributed by atoms with Gasteiger partial charge in [0.2, 0.25) is 0 Å². The normalized spacial score (nSPS) is 12.7. The molecule has 1 aromatic heterocycles. The van der Waals surface area contributed by atoms with Crippen LogP contribution in [-0.2, 0) is 6.42 Å². The number of nitrogens with two attached hydrogens (primary N) is 1. The van der Waals surface area contributed by atoms with Crippen LogP contribution < -0.4 is 11.1 Å². The summed E-state index contributed by atoms with van der Waals surface area (Å²) >= 11 is 0. The molecule has 25 heavy (non-hydrogen) atoms. The van der Waals surface area contributed by atoms with E-state index in [0.717, 1.165) is 6.07 Å². The predicted molar refractivity (Wildman–Crippen MR) is 90.4 cm³/mol. The van der Waals surface area contributed by atoms with E-state index in [4.69, 9.17) is 5.73 Å². The van der Waals surface area contributed by atoms with Crippen LogP contribution >= 0.6 is 0 Å². The average molecular weight is 349 g/mol. The lowest BCUT2D eigenvalue weighted by atomic mass is 10.0. The zero-order valence-electron chi connectivity index (χ0n) is 13.3. The monoisotopic (exact) mass is 349 g/mol. The maximum Gasteiger partial charge on any atom is 0.150 e. The summed E-state index contributed by atoms with van der Waals surface area (Å²) in [6.07, 6.45) is -0.458. The molecule has 1 unspecified atom stereocenters. The molecule has 0 saturated carbocycles. The van der Waals surface area contributed by atoms with Gasteiger partial charge in [-0.3, -0.25) is 5.32 Å². The number of aliphatic hydroxyl groups is 1. The number of halogens is 3. The Labute approximate surface area is 142 Å². The summed E-state index contributed by atoms with van der Waals surface area (Å²) in [5.74, 6) is -1.75. The van der Waals surface area contributed by atoms with Crippen LogP contribution in [0.3, 0.4) is 0 Å². The van der Waals surface area contributed by atoms with Gasteiger partial charge in [0.25, 0.3) is 0 Å². The topological polar surface area (TPSA) is 74.1 Å². The third kappa shape index (κ3) is 3.68. The summed E-state index contributed by atoms with van der Waals surface area (Å²) in [7, 11) is 0. The first-order valence-corrected chi connectivity index (χ1v) is 7.86. The van der Waals surface area contributed by atoms with Gasteiger partial charge in [0.1, 0.15) is 23.7 Å². The van der Waals surface area contributed by atoms with Gasteiger partial charge in [-0.1, -0.05) is 0 Å². The van der Waals surface area contributed by atoms with Gasteiger partial charge in [-0.05, 0) is 47.9 Å². The zero-order valence-corrected chi connectivity index (χ0v) is 13.3. The Morgan fingerprint density at radius 3 is 2.48 bits per heavy atom. The summed E-state index contributed by atoms with van der Waals surface area (Å²) < 4.78 is 41.0. The van der Waals surface area contributed by atoms with Crippen molar-refractivity contribution in [1.82, 2.24) is 10.3 Å². The maximum atomic E-state index is 14.1. The lowest BCUT2D eigenvalue weighted by Crippen LogP contribution is -2.36. The Kier molecular flexibility index (Phi) is 5.08. The number of hydrogen-bond donors (Lipinski definition) is 4. The molecule has 4 nitrogen and oxygen atoms in total. The molecule has 0 radical (unpaired) electrons. The van der Waals surface area contributed by atoms with Crippen molar-refractivity contribution in [2.75, 3.05) is 13.1 Å². The van der Waals surface area contributed by atoms with Crippen LogP contribution in [0.25, 0.3) is 22.2 Å². The fraction of sp³-hybridized carbons (Fsp3) is 0.222. The molecule has 1 atom stereocenters. The SMILES string of the molecule is NCC(O)NCCc1c(-c2ccc(F)cc2)[nH]c2c(F)cc(F)cc12. The largest absolute Gasteiger partial charge is 0.377 e. The summed E-state index contributed by atoms with van der Waals surface area (Å²) in [5, 5.41) is 12.7. The Bertz CT molecular complexity index is 877. The standard InChI is InChI=1S/C18H18F3N3O/c19-11-3-1-10(2-4-11)17-13(5-6-23-16(25)9-22)14-7-12(20)8-15(21)18(14)24-17/h1-4,7-8,16,23-25H,5-6,9,22H2. The fourth-order valence-corrected chi connectivity index (χ4v) is 2.84. The second-order valence-electron chi connectivity index (χ2n) is 5.75. The van der Waals surface area contributed by atoms with Crippen LogP contribution in [-0.4, -0.2) is 29.4 Å². The maximum absolute atomic E-state index is 14.1. The van der Waals surface area contributed by atoms with Crippen LogP contribution in [0.2, 0.25) is 0 Å². The van der Waals surface area contributed by atoms with Crippen molar-refractivity contribution in [2.24, 2.45) is 5.73 Å². The molecule has 5 N–H and O–H groups in total. The summed E-state index contributed by atoms with van der Waals surface area (Å²) in [5.41, 5.74) is 7.46. The number of fused-ring (bicyclic) bond motifs is 1. The molecule has 1 heterocycles. The van der Waals surface area contributed by atoms with E-state index in [0.29, 0.717) is 35.2 Å². The molecule has 3 rings (SSSR count). The highest BCUT2D eigenvalue weighted by Gasteiger charge is 2.17. The molecule has 0 amide bonds. The Hall–Kier alpha value is -2.35. The molecule has 3 aromatic rings. The second-order valence-corrected chi connectivity index (χ2v) is 5.75. The summed E-state index contributed by atoms with van der Waals surface area (Å²) in [6, 6.07) is 7.82. The van der Waals surface area contributed by atoms with Crippen molar-refractivity contribution < 1.29 is 18.3 Å². The molecule has 0 saturated heterocycles. The van der Waals surface area contributed by atoms with Crippen LogP contribution in [0.5, 0.6) is 0 Å². The minimum absolute atomic E-state index is 0.0575. The molecular formula is C18H18F3N3O. The molecule has 0 fully saturated rings. The van der Waals surface area contributed by atoms with Gasteiger partial charge in [-0.15, -0.1) is 0 Å². The fourth-order valence-electron chi connectivity index (χ4n) is 2.84. The molecule has 132 valence electrons. The summed E-state index contributed by atoms with van der Waals surface area (Å²) in [4.78, 5) is 2.97. The predicted octanol–water partition coefficient (Wildman–Crippen LogP) is 2.66. The van der Waals surface area contributed by atoms with Crippen LogP contribution in [0, 0.1) is 17.5 Å². The van der Waals surface area contributed by atoms with Gasteiger partial charge in [0.15, 0.2) is 0 Å². The number of H-pyrrole nitrogens is 1. The average Bonchev–Trinajstić information content (AvgIpc) is 2.94. The number of benzene rings is 2. The number of rotatable bonds is 6. The van der Waals surface area contributed by atoms with Crippen molar-refractivity contribution in [3.63, 3.8) is 0 Å². The second kappa shape index (κ2) is 7.26. The molecule has 0 aliphatic carbocycles. The van der Waals surface area contributed by atoms with Gasteiger partial charge in [0, 0.05) is 30.2 Å². The van der Waals surface area contributed by atoms with E-state index in [9.17, 15) is 18.3 Å². The molecule has 0 spiro atoms.